The molecule has 3 aromatic carbocycles. The van der Waals surface area contributed by atoms with Crippen molar-refractivity contribution in [3.63, 3.8) is 0 Å². The highest BCUT2D eigenvalue weighted by Gasteiger charge is 2.53. The number of fused-ring (bicyclic) bond motifs is 1. The largest absolute Gasteiger partial charge is 0.387 e. The fraction of sp³-hybridized carbons (Fsp3) is 0.457. The molecule has 52 heavy (non-hydrogen) atoms. The zero-order valence-corrected chi connectivity index (χ0v) is 29.6. The van der Waals surface area contributed by atoms with Crippen molar-refractivity contribution >= 4 is 33.3 Å². The van der Waals surface area contributed by atoms with Gasteiger partial charge >= 0.3 is 0 Å². The second-order valence-electron chi connectivity index (χ2n) is 12.7. The lowest BCUT2D eigenvalue weighted by Gasteiger charge is -2.48. The number of rotatable bonds is 11. The third kappa shape index (κ3) is 8.82. The second kappa shape index (κ2) is 16.5. The summed E-state index contributed by atoms with van der Waals surface area (Å²) in [5.74, 6) is -0.348. The quantitative estimate of drug-likeness (QED) is 0.177. The van der Waals surface area contributed by atoms with E-state index in [9.17, 15) is 33.6 Å². The number of hydrogen-bond acceptors (Lipinski definition) is 14. The Morgan fingerprint density at radius 1 is 0.904 bits per heavy atom. The zero-order valence-electron chi connectivity index (χ0n) is 28.1. The van der Waals surface area contributed by atoms with Crippen molar-refractivity contribution in [2.45, 2.75) is 93.1 Å². The van der Waals surface area contributed by atoms with E-state index in [4.69, 9.17) is 44.2 Å². The molecule has 0 saturated carbocycles. The smallest absolute Gasteiger partial charge is 0.297 e. The van der Waals surface area contributed by atoms with Crippen molar-refractivity contribution in [3.8, 4) is 0 Å². The summed E-state index contributed by atoms with van der Waals surface area (Å²) in [5.41, 5.74) is 2.35. The highest BCUT2D eigenvalue weighted by Crippen LogP contribution is 2.36. The van der Waals surface area contributed by atoms with Gasteiger partial charge in [-0.1, -0.05) is 65.7 Å². The van der Waals surface area contributed by atoms with Crippen LogP contribution in [0.25, 0.3) is 0 Å². The molecule has 17 heteroatoms. The van der Waals surface area contributed by atoms with Gasteiger partial charge in [-0.2, -0.15) is 8.42 Å². The monoisotopic (exact) mass is 765 g/mol. The number of aryl methyl sites for hydroxylation is 1. The minimum atomic E-state index is -4.34. The van der Waals surface area contributed by atoms with Crippen LogP contribution in [0.1, 0.15) is 29.9 Å². The fourth-order valence-electron chi connectivity index (χ4n) is 6.03. The van der Waals surface area contributed by atoms with E-state index in [1.807, 2.05) is 6.07 Å². The normalized spacial score (nSPS) is 32.2. The van der Waals surface area contributed by atoms with Crippen LogP contribution in [-0.2, 0) is 54.1 Å². The molecule has 0 bridgehead atoms. The Labute approximate surface area is 305 Å². The van der Waals surface area contributed by atoms with Crippen LogP contribution in [0.3, 0.4) is 0 Å². The number of hydrogen-bond donors (Lipinski definition) is 5. The van der Waals surface area contributed by atoms with Crippen molar-refractivity contribution in [3.05, 3.63) is 94.5 Å². The van der Waals surface area contributed by atoms with Crippen molar-refractivity contribution in [2.24, 2.45) is 0 Å². The molecule has 3 aliphatic rings. The van der Waals surface area contributed by atoms with E-state index in [0.717, 1.165) is 5.56 Å². The Balaban J connectivity index is 1.18. The van der Waals surface area contributed by atoms with Crippen molar-refractivity contribution in [1.82, 2.24) is 0 Å². The average molecular weight is 766 g/mol. The molecule has 3 saturated heterocycles. The van der Waals surface area contributed by atoms with Crippen LogP contribution in [0.15, 0.2) is 77.7 Å². The summed E-state index contributed by atoms with van der Waals surface area (Å²) in [7, 11) is -4.34. The number of ether oxygens (including phenoxy) is 6. The van der Waals surface area contributed by atoms with Crippen LogP contribution in [0.4, 0.5) is 5.69 Å². The number of aliphatic hydroxyl groups is 4. The Hall–Kier alpha value is -3.07. The molecule has 3 heterocycles. The Bertz CT molecular complexity index is 1780. The number of carbonyl (C=O) groups excluding carboxylic acids is 1. The third-order valence-corrected chi connectivity index (χ3v) is 10.4. The van der Waals surface area contributed by atoms with E-state index >= 15 is 0 Å². The van der Waals surface area contributed by atoms with Gasteiger partial charge in [0.2, 0.25) is 5.91 Å². The molecule has 1 amide bonds. The molecular weight excluding hydrogens is 726 g/mol. The lowest BCUT2D eigenvalue weighted by Crippen LogP contribution is -2.66. The number of anilines is 1. The number of halogens is 1. The predicted molar refractivity (Wildman–Crippen MR) is 181 cm³/mol. The Morgan fingerprint density at radius 3 is 2.33 bits per heavy atom. The van der Waals surface area contributed by atoms with Gasteiger partial charge in [0.1, 0.15) is 48.8 Å². The lowest BCUT2D eigenvalue weighted by atomic mass is 9.96. The molecule has 0 aromatic heterocycles. The van der Waals surface area contributed by atoms with Crippen LogP contribution >= 0.6 is 11.6 Å². The summed E-state index contributed by atoms with van der Waals surface area (Å²) < 4.78 is 67.0. The summed E-state index contributed by atoms with van der Waals surface area (Å²) in [4.78, 5) is 11.4. The zero-order chi connectivity index (χ0) is 37.2. The van der Waals surface area contributed by atoms with E-state index in [-0.39, 0.29) is 29.0 Å². The average Bonchev–Trinajstić information content (AvgIpc) is 3.13. The van der Waals surface area contributed by atoms with Gasteiger partial charge < -0.3 is 54.2 Å². The van der Waals surface area contributed by atoms with Crippen LogP contribution in [-0.4, -0.2) is 109 Å². The van der Waals surface area contributed by atoms with E-state index in [1.54, 1.807) is 55.5 Å². The molecule has 3 aromatic rings. The first-order valence-electron chi connectivity index (χ1n) is 16.4. The SMILES string of the molecule is CC(=O)Nc1cc(CO[C@@H]2O[C@H](COS(=O)(=O)c3ccc(C)cc3)[C@@H](O[C@H]3O[C@@H]4COC(c5ccccc5)O[C@H]4[C@H](O)[C@H]3O)[C@H](O)[C@H]2O)ccc1Cl. The number of aliphatic hydroxyl groups excluding tert-OH is 4. The number of amides is 1. The first-order valence-corrected chi connectivity index (χ1v) is 18.2. The predicted octanol–water partition coefficient (Wildman–Crippen LogP) is 1.92. The maximum atomic E-state index is 13.1. The van der Waals surface area contributed by atoms with Gasteiger partial charge in [0, 0.05) is 12.5 Å². The Kier molecular flexibility index (Phi) is 12.3. The summed E-state index contributed by atoms with van der Waals surface area (Å²) in [6.45, 7) is 2.15. The summed E-state index contributed by atoms with van der Waals surface area (Å²) in [5, 5.41) is 47.5. The molecule has 3 fully saturated rings. The highest BCUT2D eigenvalue weighted by atomic mass is 35.5. The number of nitrogens with one attached hydrogen (secondary N) is 1. The van der Waals surface area contributed by atoms with Gasteiger partial charge in [0.05, 0.1) is 35.4 Å². The molecule has 15 nitrogen and oxygen atoms in total. The minimum absolute atomic E-state index is 0.0498. The van der Waals surface area contributed by atoms with Crippen molar-refractivity contribution in [1.29, 1.82) is 0 Å². The van der Waals surface area contributed by atoms with Crippen LogP contribution in [0.5, 0.6) is 0 Å². The van der Waals surface area contributed by atoms with Crippen LogP contribution in [0, 0.1) is 6.92 Å². The molecule has 0 radical (unpaired) electrons. The minimum Gasteiger partial charge on any atom is -0.387 e. The van der Waals surface area contributed by atoms with Crippen LogP contribution < -0.4 is 5.32 Å². The summed E-state index contributed by atoms with van der Waals surface area (Å²) in [6, 6.07) is 19.6. The van der Waals surface area contributed by atoms with E-state index in [2.05, 4.69) is 5.32 Å². The molecule has 1 unspecified atom stereocenters. The maximum Gasteiger partial charge on any atom is 0.297 e. The van der Waals surface area contributed by atoms with Gasteiger partial charge in [-0.25, -0.2) is 0 Å². The van der Waals surface area contributed by atoms with Gasteiger partial charge in [0.15, 0.2) is 18.9 Å². The first kappa shape index (κ1) is 38.6. The maximum absolute atomic E-state index is 13.1. The lowest BCUT2D eigenvalue weighted by molar-refractivity contribution is -0.385. The molecule has 3 aliphatic heterocycles. The van der Waals surface area contributed by atoms with Gasteiger partial charge in [0.25, 0.3) is 10.1 Å². The molecule has 11 atom stereocenters. The second-order valence-corrected chi connectivity index (χ2v) is 14.7. The molecule has 282 valence electrons. The van der Waals surface area contributed by atoms with E-state index in [1.165, 1.54) is 25.1 Å². The van der Waals surface area contributed by atoms with Gasteiger partial charge in [-0.05, 0) is 36.8 Å². The molecule has 5 N–H and O–H groups in total. The molecular formula is C35H40ClNO14S. The van der Waals surface area contributed by atoms with E-state index < -0.39 is 84.4 Å². The van der Waals surface area contributed by atoms with Crippen LogP contribution in [0.2, 0.25) is 5.02 Å². The van der Waals surface area contributed by atoms with Gasteiger partial charge in [-0.3, -0.25) is 8.98 Å². The van der Waals surface area contributed by atoms with Crippen molar-refractivity contribution in [2.75, 3.05) is 18.5 Å². The summed E-state index contributed by atoms with van der Waals surface area (Å²) >= 11 is 6.17. The highest BCUT2D eigenvalue weighted by molar-refractivity contribution is 7.86. The molecule has 6 rings (SSSR count). The first-order chi connectivity index (χ1) is 24.8. The topological polar surface area (TPSA) is 209 Å². The number of carbonyl (C=O) groups is 1. The van der Waals surface area contributed by atoms with E-state index in [0.29, 0.717) is 16.8 Å². The van der Waals surface area contributed by atoms with Crippen molar-refractivity contribution < 1.29 is 66.2 Å². The summed E-state index contributed by atoms with van der Waals surface area (Å²) in [6.07, 6.45) is -15.7. The Morgan fingerprint density at radius 2 is 1.62 bits per heavy atom. The number of benzene rings is 3. The van der Waals surface area contributed by atoms with Gasteiger partial charge in [-0.15, -0.1) is 0 Å². The fourth-order valence-corrected chi connectivity index (χ4v) is 7.11. The molecule has 0 aliphatic carbocycles. The standard InChI is InChI=1S/C35H40ClNO14S/c1-18-8-11-22(12-9-18)52(43,44)47-17-26-32(27(39)29(41)34(48-26)45-15-20-10-13-23(36)24(14-20)37-19(2)38)51-35-30(42)28(40)31-25(49-35)16-46-33(50-31)21-6-4-3-5-7-21/h3-14,25-35,39-42H,15-17H2,1-2H3,(H,37,38)/t25-,26-,27-,28-,29-,30-,31-,32-,33?,34-,35-/m1/s1. The molecule has 0 spiro atoms. The third-order valence-electron chi connectivity index (χ3n) is 8.79.